The fourth-order valence-electron chi connectivity index (χ4n) is 2.01. The summed E-state index contributed by atoms with van der Waals surface area (Å²) in [6.07, 6.45) is 0.933. The second-order valence-electron chi connectivity index (χ2n) is 4.64. The van der Waals surface area contributed by atoms with Crippen molar-refractivity contribution in [2.24, 2.45) is 0 Å². The molecule has 0 aromatic heterocycles. The lowest BCUT2D eigenvalue weighted by Gasteiger charge is -2.23. The number of nitrogens with one attached hydrogen (secondary N) is 1. The first-order valence-electron chi connectivity index (χ1n) is 5.94. The van der Waals surface area contributed by atoms with Gasteiger partial charge in [0.15, 0.2) is 0 Å². The van der Waals surface area contributed by atoms with Crippen LogP contribution in [0.3, 0.4) is 0 Å². The van der Waals surface area contributed by atoms with Crippen LogP contribution in [0.2, 0.25) is 0 Å². The number of hydrogen-bond donors (Lipinski definition) is 2. The second-order valence-corrected chi connectivity index (χ2v) is 7.80. The van der Waals surface area contributed by atoms with E-state index in [-0.39, 0.29) is 23.5 Å². The molecule has 1 saturated heterocycles. The van der Waals surface area contributed by atoms with Crippen LogP contribution in [-0.2, 0) is 9.84 Å². The summed E-state index contributed by atoms with van der Waals surface area (Å²) in [7, 11) is -2.91. The highest BCUT2D eigenvalue weighted by Crippen LogP contribution is 2.20. The van der Waals surface area contributed by atoms with Gasteiger partial charge in [0.25, 0.3) is 5.91 Å². The minimum Gasteiger partial charge on any atom is -0.399 e. The predicted octanol–water partition coefficient (Wildman–Crippen LogP) is 1.34. The smallest absolute Gasteiger partial charge is 0.252 e. The van der Waals surface area contributed by atoms with Crippen LogP contribution in [-0.4, -0.2) is 31.9 Å². The van der Waals surface area contributed by atoms with Crippen molar-refractivity contribution in [2.45, 2.75) is 18.9 Å². The Hall–Kier alpha value is -1.08. The zero-order valence-corrected chi connectivity index (χ0v) is 12.6. The summed E-state index contributed by atoms with van der Waals surface area (Å²) in [4.78, 5) is 12.1. The Morgan fingerprint density at radius 3 is 2.58 bits per heavy atom. The van der Waals surface area contributed by atoms with Gasteiger partial charge in [0.05, 0.1) is 17.1 Å². The molecule has 1 fully saturated rings. The molecule has 1 aliphatic rings. The SMILES string of the molecule is Nc1ccc(Br)c(C(=O)NC2CCS(=O)(=O)CC2)c1. The summed E-state index contributed by atoms with van der Waals surface area (Å²) in [6.45, 7) is 0. The van der Waals surface area contributed by atoms with Crippen molar-refractivity contribution in [3.63, 3.8) is 0 Å². The summed E-state index contributed by atoms with van der Waals surface area (Å²) in [6, 6.07) is 4.92. The molecule has 2 rings (SSSR count). The summed E-state index contributed by atoms with van der Waals surface area (Å²) >= 11 is 3.30. The number of benzene rings is 1. The highest BCUT2D eigenvalue weighted by atomic mass is 79.9. The zero-order chi connectivity index (χ0) is 14.0. The minimum absolute atomic E-state index is 0.0932. The molecule has 104 valence electrons. The lowest BCUT2D eigenvalue weighted by molar-refractivity contribution is 0.0933. The highest BCUT2D eigenvalue weighted by molar-refractivity contribution is 9.10. The van der Waals surface area contributed by atoms with Crippen LogP contribution >= 0.6 is 15.9 Å². The number of nitrogen functional groups attached to an aromatic ring is 1. The van der Waals surface area contributed by atoms with E-state index >= 15 is 0 Å². The van der Waals surface area contributed by atoms with Gasteiger partial charge >= 0.3 is 0 Å². The molecule has 19 heavy (non-hydrogen) atoms. The Labute approximate surface area is 120 Å². The maximum absolute atomic E-state index is 12.1. The molecular formula is C12H15BrN2O3S. The summed E-state index contributed by atoms with van der Waals surface area (Å²) < 4.78 is 23.3. The van der Waals surface area contributed by atoms with E-state index in [9.17, 15) is 13.2 Å². The van der Waals surface area contributed by atoms with E-state index in [1.807, 2.05) is 0 Å². The Morgan fingerprint density at radius 1 is 1.32 bits per heavy atom. The van der Waals surface area contributed by atoms with Gasteiger partial charge in [-0.15, -0.1) is 0 Å². The number of hydrogen-bond acceptors (Lipinski definition) is 4. The molecule has 1 aromatic rings. The van der Waals surface area contributed by atoms with Crippen LogP contribution in [0, 0.1) is 0 Å². The van der Waals surface area contributed by atoms with E-state index in [1.165, 1.54) is 0 Å². The van der Waals surface area contributed by atoms with E-state index in [0.29, 0.717) is 28.6 Å². The molecule has 0 bridgehead atoms. The average Bonchev–Trinajstić information content (AvgIpc) is 2.35. The summed E-state index contributed by atoms with van der Waals surface area (Å²) in [5.41, 5.74) is 6.63. The van der Waals surface area contributed by atoms with E-state index in [0.717, 1.165) is 0 Å². The summed E-state index contributed by atoms with van der Waals surface area (Å²) in [5.74, 6) is 0.0370. The lowest BCUT2D eigenvalue weighted by atomic mass is 10.1. The molecule has 1 amide bonds. The highest BCUT2D eigenvalue weighted by Gasteiger charge is 2.25. The molecule has 0 atom stereocenters. The number of carbonyl (C=O) groups excluding carboxylic acids is 1. The molecule has 0 radical (unpaired) electrons. The third kappa shape index (κ3) is 3.70. The number of nitrogens with two attached hydrogens (primary N) is 1. The largest absolute Gasteiger partial charge is 0.399 e. The van der Waals surface area contributed by atoms with Gasteiger partial charge in [-0.2, -0.15) is 0 Å². The fraction of sp³-hybridized carbons (Fsp3) is 0.417. The number of halogens is 1. The van der Waals surface area contributed by atoms with Crippen LogP contribution in [0.4, 0.5) is 5.69 Å². The number of carbonyl (C=O) groups is 1. The average molecular weight is 347 g/mol. The second kappa shape index (κ2) is 5.50. The molecule has 1 aliphatic heterocycles. The maximum Gasteiger partial charge on any atom is 0.252 e. The Balaban J connectivity index is 2.04. The Morgan fingerprint density at radius 2 is 1.95 bits per heavy atom. The van der Waals surface area contributed by atoms with Gasteiger partial charge in [-0.1, -0.05) is 0 Å². The van der Waals surface area contributed by atoms with Crippen LogP contribution in [0.15, 0.2) is 22.7 Å². The van der Waals surface area contributed by atoms with E-state index in [1.54, 1.807) is 18.2 Å². The summed E-state index contributed by atoms with van der Waals surface area (Å²) in [5, 5.41) is 2.85. The van der Waals surface area contributed by atoms with Gasteiger partial charge in [0, 0.05) is 16.2 Å². The van der Waals surface area contributed by atoms with E-state index in [4.69, 9.17) is 5.73 Å². The van der Waals surface area contributed by atoms with Crippen molar-refractivity contribution in [3.05, 3.63) is 28.2 Å². The van der Waals surface area contributed by atoms with Crippen LogP contribution < -0.4 is 11.1 Å². The first kappa shape index (κ1) is 14.3. The predicted molar refractivity (Wildman–Crippen MR) is 77.7 cm³/mol. The standard InChI is InChI=1S/C12H15BrN2O3S/c13-11-2-1-8(14)7-10(11)12(16)15-9-3-5-19(17,18)6-4-9/h1-2,7,9H,3-6,14H2,(H,15,16). The van der Waals surface area contributed by atoms with Crippen molar-refractivity contribution in [1.29, 1.82) is 0 Å². The number of sulfone groups is 1. The first-order chi connectivity index (χ1) is 8.87. The van der Waals surface area contributed by atoms with Gasteiger partial charge in [-0.25, -0.2) is 8.42 Å². The molecule has 0 saturated carbocycles. The van der Waals surface area contributed by atoms with Gasteiger partial charge in [0.2, 0.25) is 0 Å². The van der Waals surface area contributed by atoms with Gasteiger partial charge in [-0.05, 0) is 47.0 Å². The molecule has 1 aromatic carbocycles. The first-order valence-corrected chi connectivity index (χ1v) is 8.55. The number of amides is 1. The van der Waals surface area contributed by atoms with Crippen LogP contribution in [0.5, 0.6) is 0 Å². The quantitative estimate of drug-likeness (QED) is 0.790. The van der Waals surface area contributed by atoms with Gasteiger partial charge in [0.1, 0.15) is 9.84 Å². The topological polar surface area (TPSA) is 89.3 Å². The molecule has 7 heteroatoms. The van der Waals surface area contributed by atoms with Crippen molar-refractivity contribution in [2.75, 3.05) is 17.2 Å². The van der Waals surface area contributed by atoms with Crippen molar-refractivity contribution >= 4 is 37.4 Å². The van der Waals surface area contributed by atoms with Crippen molar-refractivity contribution < 1.29 is 13.2 Å². The van der Waals surface area contributed by atoms with E-state index in [2.05, 4.69) is 21.2 Å². The molecule has 5 nitrogen and oxygen atoms in total. The van der Waals surface area contributed by atoms with Crippen LogP contribution in [0.25, 0.3) is 0 Å². The fourth-order valence-corrected chi connectivity index (χ4v) is 3.93. The molecule has 0 spiro atoms. The zero-order valence-electron chi connectivity index (χ0n) is 10.2. The van der Waals surface area contributed by atoms with Crippen molar-refractivity contribution in [3.8, 4) is 0 Å². The number of anilines is 1. The molecule has 0 aliphatic carbocycles. The van der Waals surface area contributed by atoms with Gasteiger partial charge < -0.3 is 11.1 Å². The Bertz CT molecular complexity index is 587. The third-order valence-electron chi connectivity index (χ3n) is 3.12. The Kier molecular flexibility index (Phi) is 4.15. The maximum atomic E-state index is 12.1. The van der Waals surface area contributed by atoms with E-state index < -0.39 is 9.84 Å². The van der Waals surface area contributed by atoms with Gasteiger partial charge in [-0.3, -0.25) is 4.79 Å². The molecule has 0 unspecified atom stereocenters. The lowest BCUT2D eigenvalue weighted by Crippen LogP contribution is -2.40. The molecule has 1 heterocycles. The monoisotopic (exact) mass is 346 g/mol. The molecular weight excluding hydrogens is 332 g/mol. The van der Waals surface area contributed by atoms with Crippen LogP contribution in [0.1, 0.15) is 23.2 Å². The van der Waals surface area contributed by atoms with Crippen molar-refractivity contribution in [1.82, 2.24) is 5.32 Å². The normalized spacial score (nSPS) is 19.0. The number of rotatable bonds is 2. The minimum atomic E-state index is -2.91. The molecule has 3 N–H and O–H groups in total. The third-order valence-corrected chi connectivity index (χ3v) is 5.53.